The summed E-state index contributed by atoms with van der Waals surface area (Å²) < 4.78 is 5.53. The molecule has 124 valence electrons. The Kier molecular flexibility index (Phi) is 4.79. The summed E-state index contributed by atoms with van der Waals surface area (Å²) in [5.41, 5.74) is 1.57. The number of likely N-dealkylation sites (N-methyl/N-ethyl adjacent to an activating group) is 1. The molecule has 1 N–H and O–H groups in total. The maximum Gasteiger partial charge on any atom is 0.264 e. The maximum atomic E-state index is 12.2. The van der Waals surface area contributed by atoms with Gasteiger partial charge < -0.3 is 15.0 Å². The van der Waals surface area contributed by atoms with E-state index in [-0.39, 0.29) is 24.3 Å². The Morgan fingerprint density at radius 1 is 1.08 bits per heavy atom. The normalized spacial score (nSPS) is 13.2. The Bertz CT molecular complexity index is 709. The van der Waals surface area contributed by atoms with Crippen LogP contribution in [0.3, 0.4) is 0 Å². The van der Waals surface area contributed by atoms with Crippen molar-refractivity contribution < 1.29 is 14.3 Å². The quantitative estimate of drug-likeness (QED) is 0.888. The molecule has 1 fully saturated rings. The van der Waals surface area contributed by atoms with E-state index >= 15 is 0 Å². The lowest BCUT2D eigenvalue weighted by atomic mass is 10.3. The number of rotatable bonds is 6. The van der Waals surface area contributed by atoms with Gasteiger partial charge in [0, 0.05) is 24.3 Å². The number of nitrogens with zero attached hydrogens (tertiary/aromatic N) is 1. The number of benzene rings is 2. The summed E-state index contributed by atoms with van der Waals surface area (Å²) in [6.45, 7) is -0.0425. The van der Waals surface area contributed by atoms with E-state index in [9.17, 15) is 9.59 Å². The van der Waals surface area contributed by atoms with Gasteiger partial charge in [-0.15, -0.1) is 0 Å². The first-order valence-electron chi connectivity index (χ1n) is 7.99. The van der Waals surface area contributed by atoms with Crippen LogP contribution < -0.4 is 15.0 Å². The summed E-state index contributed by atoms with van der Waals surface area (Å²) in [7, 11) is 1.72. The molecule has 2 amide bonds. The van der Waals surface area contributed by atoms with Crippen LogP contribution >= 0.6 is 0 Å². The molecule has 5 nitrogen and oxygen atoms in total. The van der Waals surface area contributed by atoms with Crippen molar-refractivity contribution in [3.63, 3.8) is 0 Å². The van der Waals surface area contributed by atoms with Crippen LogP contribution in [0.4, 0.5) is 11.4 Å². The Labute approximate surface area is 141 Å². The summed E-state index contributed by atoms with van der Waals surface area (Å²) >= 11 is 0. The lowest BCUT2D eigenvalue weighted by Crippen LogP contribution is -2.31. The predicted octanol–water partition coefficient (Wildman–Crippen LogP) is 3.08. The first-order chi connectivity index (χ1) is 11.6. The predicted molar refractivity (Wildman–Crippen MR) is 93.1 cm³/mol. The van der Waals surface area contributed by atoms with Gasteiger partial charge in [-0.2, -0.15) is 0 Å². The third kappa shape index (κ3) is 4.13. The third-order valence-corrected chi connectivity index (χ3v) is 3.95. The largest absolute Gasteiger partial charge is 0.484 e. The molecule has 0 aromatic heterocycles. The number of hydrogen-bond acceptors (Lipinski definition) is 3. The lowest BCUT2D eigenvalue weighted by molar-refractivity contribution is -0.120. The summed E-state index contributed by atoms with van der Waals surface area (Å²) in [5.74, 6) is 0.706. The molecule has 3 rings (SSSR count). The monoisotopic (exact) mass is 324 g/mol. The number of amides is 2. The van der Waals surface area contributed by atoms with E-state index < -0.39 is 0 Å². The van der Waals surface area contributed by atoms with Crippen molar-refractivity contribution in [1.82, 2.24) is 0 Å². The Balaban J connectivity index is 1.50. The number of anilines is 2. The molecule has 2 aromatic rings. The molecule has 0 bridgehead atoms. The molecule has 0 unspecified atom stereocenters. The van der Waals surface area contributed by atoms with Crippen molar-refractivity contribution in [3.05, 3.63) is 54.6 Å². The summed E-state index contributed by atoms with van der Waals surface area (Å²) in [5, 5.41) is 2.87. The zero-order chi connectivity index (χ0) is 16.9. The minimum Gasteiger partial charge on any atom is -0.484 e. The highest BCUT2D eigenvalue weighted by Crippen LogP contribution is 2.30. The van der Waals surface area contributed by atoms with Crippen LogP contribution in [0.2, 0.25) is 0 Å². The molecule has 1 aliphatic carbocycles. The van der Waals surface area contributed by atoms with E-state index in [0.29, 0.717) is 5.75 Å². The Hall–Kier alpha value is -2.82. The second kappa shape index (κ2) is 7.17. The van der Waals surface area contributed by atoms with Crippen molar-refractivity contribution >= 4 is 23.2 Å². The molecular weight excluding hydrogens is 304 g/mol. The zero-order valence-electron chi connectivity index (χ0n) is 13.6. The lowest BCUT2D eigenvalue weighted by Gasteiger charge is -2.17. The molecular formula is C19H20N2O3. The summed E-state index contributed by atoms with van der Waals surface area (Å²) in [4.78, 5) is 25.4. The van der Waals surface area contributed by atoms with Gasteiger partial charge in [0.25, 0.3) is 5.91 Å². The van der Waals surface area contributed by atoms with E-state index in [1.165, 1.54) is 0 Å². The van der Waals surface area contributed by atoms with Crippen LogP contribution in [-0.4, -0.2) is 25.5 Å². The Morgan fingerprint density at radius 3 is 2.38 bits per heavy atom. The molecule has 0 radical (unpaired) electrons. The van der Waals surface area contributed by atoms with Crippen LogP contribution in [0.5, 0.6) is 5.75 Å². The Morgan fingerprint density at radius 2 is 1.75 bits per heavy atom. The van der Waals surface area contributed by atoms with E-state index in [4.69, 9.17) is 4.74 Å². The smallest absolute Gasteiger partial charge is 0.264 e. The molecule has 1 saturated carbocycles. The van der Waals surface area contributed by atoms with Crippen molar-refractivity contribution in [1.29, 1.82) is 0 Å². The molecule has 0 spiro atoms. The fourth-order valence-electron chi connectivity index (χ4n) is 2.26. The summed E-state index contributed by atoms with van der Waals surface area (Å²) in [6.07, 6.45) is 1.95. The van der Waals surface area contributed by atoms with Gasteiger partial charge in [-0.05, 0) is 49.2 Å². The molecule has 2 aromatic carbocycles. The van der Waals surface area contributed by atoms with Gasteiger partial charge in [0.05, 0.1) is 0 Å². The van der Waals surface area contributed by atoms with Crippen molar-refractivity contribution in [2.45, 2.75) is 12.8 Å². The molecule has 0 heterocycles. The first kappa shape index (κ1) is 16.1. The van der Waals surface area contributed by atoms with Crippen LogP contribution in [0.15, 0.2) is 54.6 Å². The maximum absolute atomic E-state index is 12.2. The van der Waals surface area contributed by atoms with Gasteiger partial charge in [0.2, 0.25) is 5.91 Å². The van der Waals surface area contributed by atoms with Crippen molar-refractivity contribution in [2.75, 3.05) is 23.9 Å². The van der Waals surface area contributed by atoms with Crippen LogP contribution in [0.1, 0.15) is 12.8 Å². The highest BCUT2D eigenvalue weighted by Gasteiger charge is 2.29. The van der Waals surface area contributed by atoms with Gasteiger partial charge in [0.1, 0.15) is 5.75 Å². The molecule has 5 heteroatoms. The zero-order valence-corrected chi connectivity index (χ0v) is 13.6. The second-order valence-electron chi connectivity index (χ2n) is 5.86. The van der Waals surface area contributed by atoms with Gasteiger partial charge in [-0.1, -0.05) is 18.2 Å². The fraction of sp³-hybridized carbons (Fsp3) is 0.263. The average molecular weight is 324 g/mol. The number of nitrogens with one attached hydrogen (secondary N) is 1. The number of para-hydroxylation sites is 1. The average Bonchev–Trinajstić information content (AvgIpc) is 3.46. The van der Waals surface area contributed by atoms with Crippen LogP contribution in [-0.2, 0) is 9.59 Å². The van der Waals surface area contributed by atoms with Gasteiger partial charge in [-0.3, -0.25) is 9.59 Å². The van der Waals surface area contributed by atoms with Crippen molar-refractivity contribution in [3.8, 4) is 5.75 Å². The third-order valence-electron chi connectivity index (χ3n) is 3.95. The summed E-state index contributed by atoms with van der Waals surface area (Å²) in [6, 6.07) is 16.5. The number of hydrogen-bond donors (Lipinski definition) is 1. The van der Waals surface area contributed by atoms with Gasteiger partial charge >= 0.3 is 0 Å². The number of carbonyl (C=O) groups is 2. The number of carbonyl (C=O) groups excluding carboxylic acids is 2. The molecule has 24 heavy (non-hydrogen) atoms. The minimum atomic E-state index is -0.132. The fourth-order valence-corrected chi connectivity index (χ4v) is 2.26. The molecule has 0 aliphatic heterocycles. The standard InChI is InChI=1S/C19H20N2O3/c1-21(16-5-3-2-4-6-16)18(22)13-24-17-11-9-15(10-12-17)20-19(23)14-7-8-14/h2-6,9-12,14H,7-8,13H2,1H3,(H,20,23). The van der Waals surface area contributed by atoms with E-state index in [1.54, 1.807) is 36.2 Å². The highest BCUT2D eigenvalue weighted by atomic mass is 16.5. The first-order valence-corrected chi connectivity index (χ1v) is 7.99. The van der Waals surface area contributed by atoms with Gasteiger partial charge in [0.15, 0.2) is 6.61 Å². The minimum absolute atomic E-state index is 0.0425. The van der Waals surface area contributed by atoms with E-state index in [2.05, 4.69) is 5.32 Å². The molecule has 0 atom stereocenters. The van der Waals surface area contributed by atoms with E-state index in [0.717, 1.165) is 24.2 Å². The van der Waals surface area contributed by atoms with Crippen molar-refractivity contribution in [2.24, 2.45) is 5.92 Å². The SMILES string of the molecule is CN(C(=O)COc1ccc(NC(=O)C2CC2)cc1)c1ccccc1. The topological polar surface area (TPSA) is 58.6 Å². The van der Waals surface area contributed by atoms with E-state index in [1.807, 2.05) is 30.3 Å². The van der Waals surface area contributed by atoms with Crippen LogP contribution in [0.25, 0.3) is 0 Å². The van der Waals surface area contributed by atoms with Gasteiger partial charge in [-0.25, -0.2) is 0 Å². The number of ether oxygens (including phenoxy) is 1. The highest BCUT2D eigenvalue weighted by molar-refractivity contribution is 5.94. The second-order valence-corrected chi connectivity index (χ2v) is 5.86. The molecule has 1 aliphatic rings. The van der Waals surface area contributed by atoms with Crippen LogP contribution in [0, 0.1) is 5.92 Å². The molecule has 0 saturated heterocycles.